The summed E-state index contributed by atoms with van der Waals surface area (Å²) in [6, 6.07) is 14.1. The maximum absolute atomic E-state index is 11.6. The lowest BCUT2D eigenvalue weighted by molar-refractivity contribution is -0.141. The second kappa shape index (κ2) is 6.37. The van der Waals surface area contributed by atoms with E-state index in [4.69, 9.17) is 23.2 Å². The van der Waals surface area contributed by atoms with E-state index >= 15 is 0 Å². The molecule has 3 nitrogen and oxygen atoms in total. The molecule has 2 aromatic rings. The van der Waals surface area contributed by atoms with Crippen molar-refractivity contribution in [3.05, 3.63) is 64.1 Å². The molecule has 0 amide bonds. The molecule has 0 spiro atoms. The quantitative estimate of drug-likeness (QED) is 0.852. The largest absolute Gasteiger partial charge is 0.480 e. The summed E-state index contributed by atoms with van der Waals surface area (Å²) >= 11 is 11.7. The Morgan fingerprint density at radius 2 is 1.52 bits per heavy atom. The molecule has 0 aliphatic carbocycles. The summed E-state index contributed by atoms with van der Waals surface area (Å²) in [7, 11) is 0. The minimum absolute atomic E-state index is 0.335. The zero-order chi connectivity index (χ0) is 15.5. The van der Waals surface area contributed by atoms with Gasteiger partial charge in [-0.25, -0.2) is 4.79 Å². The van der Waals surface area contributed by atoms with Crippen LogP contribution in [0.4, 0.5) is 5.69 Å². The molecule has 0 saturated heterocycles. The highest BCUT2D eigenvalue weighted by Gasteiger charge is 2.33. The van der Waals surface area contributed by atoms with Gasteiger partial charge < -0.3 is 10.4 Å². The third-order valence-electron chi connectivity index (χ3n) is 3.21. The summed E-state index contributed by atoms with van der Waals surface area (Å²) in [5.74, 6) is -0.924. The minimum atomic E-state index is -1.12. The second-order valence-electron chi connectivity index (χ2n) is 5.07. The number of hydrogen-bond acceptors (Lipinski definition) is 2. The van der Waals surface area contributed by atoms with Crippen molar-refractivity contribution in [2.75, 3.05) is 5.32 Å². The highest BCUT2D eigenvalue weighted by Crippen LogP contribution is 2.23. The molecule has 5 heteroatoms. The van der Waals surface area contributed by atoms with Gasteiger partial charge in [0.2, 0.25) is 0 Å². The first-order valence-corrected chi connectivity index (χ1v) is 7.16. The van der Waals surface area contributed by atoms with E-state index < -0.39 is 11.5 Å². The van der Waals surface area contributed by atoms with E-state index in [9.17, 15) is 9.90 Å². The van der Waals surface area contributed by atoms with Crippen molar-refractivity contribution in [1.82, 2.24) is 0 Å². The monoisotopic (exact) mass is 323 g/mol. The van der Waals surface area contributed by atoms with Crippen molar-refractivity contribution in [1.29, 1.82) is 0 Å². The molecule has 1 atom stereocenters. The van der Waals surface area contributed by atoms with Gasteiger partial charge in [-0.15, -0.1) is 0 Å². The van der Waals surface area contributed by atoms with Crippen molar-refractivity contribution in [2.24, 2.45) is 0 Å². The summed E-state index contributed by atoms with van der Waals surface area (Å²) in [5, 5.41) is 13.8. The van der Waals surface area contributed by atoms with Gasteiger partial charge in [0.15, 0.2) is 0 Å². The SMILES string of the molecule is CC(Cc1ccc(Cl)cc1)(Nc1ccc(Cl)cc1)C(=O)O. The van der Waals surface area contributed by atoms with Gasteiger partial charge in [-0.2, -0.15) is 0 Å². The lowest BCUT2D eigenvalue weighted by Gasteiger charge is -2.27. The maximum Gasteiger partial charge on any atom is 0.329 e. The normalized spacial score (nSPS) is 13.5. The van der Waals surface area contributed by atoms with Crippen LogP contribution >= 0.6 is 23.2 Å². The number of carboxylic acids is 1. The first kappa shape index (κ1) is 15.7. The molecule has 0 aliphatic rings. The molecule has 21 heavy (non-hydrogen) atoms. The number of anilines is 1. The molecule has 0 bridgehead atoms. The smallest absolute Gasteiger partial charge is 0.329 e. The molecule has 0 aliphatic heterocycles. The number of carboxylic acid groups (broad SMARTS) is 1. The molecular weight excluding hydrogens is 309 g/mol. The van der Waals surface area contributed by atoms with Crippen molar-refractivity contribution >= 4 is 34.9 Å². The zero-order valence-corrected chi connectivity index (χ0v) is 12.9. The molecule has 0 aromatic heterocycles. The molecule has 1 unspecified atom stereocenters. The van der Waals surface area contributed by atoms with Crippen LogP contribution < -0.4 is 5.32 Å². The van der Waals surface area contributed by atoms with E-state index in [0.717, 1.165) is 5.56 Å². The standard InChI is InChI=1S/C16H15Cl2NO2/c1-16(15(20)21,10-11-2-4-12(17)5-3-11)19-14-8-6-13(18)7-9-14/h2-9,19H,10H2,1H3,(H,20,21). The highest BCUT2D eigenvalue weighted by atomic mass is 35.5. The number of rotatable bonds is 5. The number of nitrogens with one attached hydrogen (secondary N) is 1. The Hall–Kier alpha value is -1.71. The first-order valence-electron chi connectivity index (χ1n) is 6.41. The summed E-state index contributed by atoms with van der Waals surface area (Å²) < 4.78 is 0. The van der Waals surface area contributed by atoms with Crippen LogP contribution in [0.3, 0.4) is 0 Å². The van der Waals surface area contributed by atoms with Crippen molar-refractivity contribution in [3.8, 4) is 0 Å². The van der Waals surface area contributed by atoms with Crippen molar-refractivity contribution < 1.29 is 9.90 Å². The molecule has 0 heterocycles. The number of aliphatic carboxylic acids is 1. The van der Waals surface area contributed by atoms with Crippen LogP contribution in [-0.2, 0) is 11.2 Å². The van der Waals surface area contributed by atoms with Gasteiger partial charge in [0.25, 0.3) is 0 Å². The fourth-order valence-electron chi connectivity index (χ4n) is 2.04. The molecule has 2 N–H and O–H groups in total. The van der Waals surface area contributed by atoms with Crippen LogP contribution in [0.1, 0.15) is 12.5 Å². The van der Waals surface area contributed by atoms with Gasteiger partial charge in [0, 0.05) is 22.2 Å². The summed E-state index contributed by atoms with van der Waals surface area (Å²) in [6.45, 7) is 1.65. The van der Waals surface area contributed by atoms with Gasteiger partial charge in [0.05, 0.1) is 0 Å². The average Bonchev–Trinajstić information content (AvgIpc) is 2.44. The zero-order valence-electron chi connectivity index (χ0n) is 11.4. The number of halogens is 2. The van der Waals surface area contributed by atoms with Crippen molar-refractivity contribution in [3.63, 3.8) is 0 Å². The van der Waals surface area contributed by atoms with Gasteiger partial charge >= 0.3 is 5.97 Å². The Morgan fingerprint density at radius 3 is 2.00 bits per heavy atom. The number of carbonyl (C=O) groups is 1. The summed E-state index contributed by atoms with van der Waals surface area (Å²) in [6.07, 6.45) is 0.335. The number of hydrogen-bond donors (Lipinski definition) is 2. The van der Waals surface area contributed by atoms with Crippen LogP contribution in [0, 0.1) is 0 Å². The van der Waals surface area contributed by atoms with Crippen LogP contribution in [0.2, 0.25) is 10.0 Å². The molecule has 2 aromatic carbocycles. The molecule has 110 valence electrons. The molecule has 2 rings (SSSR count). The van der Waals surface area contributed by atoms with E-state index in [1.807, 2.05) is 12.1 Å². The van der Waals surface area contributed by atoms with Gasteiger partial charge in [-0.1, -0.05) is 35.3 Å². The van der Waals surface area contributed by atoms with Crippen LogP contribution in [0.25, 0.3) is 0 Å². The van der Waals surface area contributed by atoms with Crippen LogP contribution in [0.5, 0.6) is 0 Å². The number of benzene rings is 2. The second-order valence-corrected chi connectivity index (χ2v) is 5.95. The van der Waals surface area contributed by atoms with E-state index in [-0.39, 0.29) is 0 Å². The Labute approximate surface area is 133 Å². The maximum atomic E-state index is 11.6. The van der Waals surface area contributed by atoms with E-state index in [1.165, 1.54) is 0 Å². The predicted octanol–water partition coefficient (Wildman–Crippen LogP) is 4.49. The van der Waals surface area contributed by atoms with Crippen LogP contribution in [0.15, 0.2) is 48.5 Å². The first-order chi connectivity index (χ1) is 9.89. The van der Waals surface area contributed by atoms with Crippen LogP contribution in [-0.4, -0.2) is 16.6 Å². The Kier molecular flexibility index (Phi) is 4.76. The van der Waals surface area contributed by atoms with E-state index in [2.05, 4.69) is 5.32 Å². The van der Waals surface area contributed by atoms with Crippen molar-refractivity contribution in [2.45, 2.75) is 18.9 Å². The third kappa shape index (κ3) is 4.13. The average molecular weight is 324 g/mol. The molecule has 0 fully saturated rings. The van der Waals surface area contributed by atoms with Gasteiger partial charge in [-0.3, -0.25) is 0 Å². The lowest BCUT2D eigenvalue weighted by atomic mass is 9.92. The Bertz CT molecular complexity index is 576. The van der Waals surface area contributed by atoms with E-state index in [0.29, 0.717) is 22.2 Å². The Balaban J connectivity index is 2.21. The third-order valence-corrected chi connectivity index (χ3v) is 3.71. The predicted molar refractivity (Wildman–Crippen MR) is 86.3 cm³/mol. The minimum Gasteiger partial charge on any atom is -0.480 e. The summed E-state index contributed by atoms with van der Waals surface area (Å²) in [4.78, 5) is 11.6. The summed E-state index contributed by atoms with van der Waals surface area (Å²) in [5.41, 5.74) is 0.478. The molecular formula is C16H15Cl2NO2. The lowest BCUT2D eigenvalue weighted by Crippen LogP contribution is -2.45. The fraction of sp³-hybridized carbons (Fsp3) is 0.188. The fourth-order valence-corrected chi connectivity index (χ4v) is 2.29. The molecule has 0 radical (unpaired) electrons. The van der Waals surface area contributed by atoms with Gasteiger partial charge in [-0.05, 0) is 48.9 Å². The van der Waals surface area contributed by atoms with E-state index in [1.54, 1.807) is 43.3 Å². The highest BCUT2D eigenvalue weighted by molar-refractivity contribution is 6.30. The Morgan fingerprint density at radius 1 is 1.05 bits per heavy atom. The van der Waals surface area contributed by atoms with Gasteiger partial charge in [0.1, 0.15) is 5.54 Å². The molecule has 0 saturated carbocycles. The topological polar surface area (TPSA) is 49.3 Å².